The lowest BCUT2D eigenvalue weighted by atomic mass is 9.98. The first-order valence-corrected chi connectivity index (χ1v) is 52.7. The molecule has 2 saturated heterocycles. The first-order valence-electron chi connectivity index (χ1n) is 48.1. The number of nitrogens with zero attached hydrogens (tertiary/aromatic N) is 7. The number of carbonyl (C=O) groups excluding carboxylic acids is 21. The Morgan fingerprint density at radius 3 is 1.48 bits per heavy atom. The molecule has 0 aromatic heterocycles. The van der Waals surface area contributed by atoms with Gasteiger partial charge in [0.2, 0.25) is 94.5 Å². The molecule has 13 atom stereocenters. The number of thioether (sulfide) groups is 4. The van der Waals surface area contributed by atoms with Gasteiger partial charge in [0.25, 0.3) is 0 Å². The Balaban J connectivity index is 0.921. The molecule has 52 heteroatoms. The molecule has 19 N–H and O–H groups in total. The number of nitrogens with one attached hydrogen (secondary N) is 13. The number of hydrogen-bond donors (Lipinski definition) is 17. The van der Waals surface area contributed by atoms with E-state index in [0.29, 0.717) is 17.5 Å². The zero-order valence-corrected chi connectivity index (χ0v) is 87.0. The lowest BCUT2D eigenvalue weighted by molar-refractivity contribution is -0.143. The molecule has 0 spiro atoms. The van der Waals surface area contributed by atoms with Crippen LogP contribution in [0, 0.1) is 5.92 Å². The topological polar surface area (TPSA) is 697 Å². The zero-order chi connectivity index (χ0) is 110. The van der Waals surface area contributed by atoms with Crippen molar-refractivity contribution < 1.29 is 125 Å². The Kier molecular flexibility index (Phi) is 49.7. The van der Waals surface area contributed by atoms with Crippen molar-refractivity contribution in [1.29, 1.82) is 0 Å². The number of phenolic OH excluding ortho intramolecular Hbond substituents is 1. The molecule has 810 valence electrons. The van der Waals surface area contributed by atoms with Crippen LogP contribution in [0.1, 0.15) is 136 Å². The SMILES string of the molecule is CC[C@H](C)[C@H](NC(=O)OCC1c2ccccc2-c2ccccc21)C(=O)N[C@@H](CSCNC(C)=O)C(=O)N[C@@H](CSCN(C)C(=O)OCC(=O)c1ccccc1)C(=O)N[C@@H](CC(N)=O)C(=O)N1CCC[C@H]1C(=O)N[C@@H](C)C(=O)N[C@@H](CSCNC(C)=O)C(=O)NCC(=O)N1CCC[C@H]1C(=O)N[C@@H](CCCCN=[N+]=[N-])C(=O)N[C@@H](Cc1ccc(O)cc1)C(=O)N[C@@H](CO)C(=O)N[C@@H](CSCN(C)C(=O)OCC(=O)c1ccccc1)C(N)=O. The number of aliphatic hydroxyl groups excluding tert-OH is 1. The molecule has 2 fully saturated rings. The number of aromatic hydroxyl groups is 1. The summed E-state index contributed by atoms with van der Waals surface area (Å²) in [7, 11) is 2.66. The van der Waals surface area contributed by atoms with E-state index in [2.05, 4.69) is 79.1 Å². The third-order valence-corrected chi connectivity index (χ3v) is 28.2. The van der Waals surface area contributed by atoms with E-state index < -0.39 is 241 Å². The average Bonchev–Trinajstić information content (AvgIpc) is 1.61. The summed E-state index contributed by atoms with van der Waals surface area (Å²) in [6.07, 6.45) is -3.28. The molecule has 48 nitrogen and oxygen atoms in total. The van der Waals surface area contributed by atoms with Gasteiger partial charge in [-0.05, 0) is 96.8 Å². The number of alkyl carbamates (subject to hydrolysis) is 1. The number of azide groups is 1. The second kappa shape index (κ2) is 61.9. The van der Waals surface area contributed by atoms with Crippen LogP contribution in [0.5, 0.6) is 5.75 Å². The molecule has 8 rings (SSSR count). The van der Waals surface area contributed by atoms with E-state index in [4.69, 9.17) is 31.2 Å². The van der Waals surface area contributed by atoms with Gasteiger partial charge in [0.05, 0.1) is 43.1 Å². The van der Waals surface area contributed by atoms with Crippen molar-refractivity contribution in [1.82, 2.24) is 88.7 Å². The number of benzene rings is 5. The summed E-state index contributed by atoms with van der Waals surface area (Å²) in [5, 5.41) is 57.3. The van der Waals surface area contributed by atoms with Crippen LogP contribution in [0.2, 0.25) is 0 Å². The number of Topliss-reactive ketones (excluding diaryl/α,β-unsaturated/α-hetero) is 2. The number of nitrogens with two attached hydrogens (primary N) is 2. The number of aliphatic hydroxyl groups is 1. The number of ketones is 2. The summed E-state index contributed by atoms with van der Waals surface area (Å²) >= 11 is 3.75. The number of unbranched alkanes of at least 4 members (excludes halogenated alkanes) is 1. The predicted octanol–water partition coefficient (Wildman–Crippen LogP) is 1.14. The molecule has 2 heterocycles. The van der Waals surface area contributed by atoms with Gasteiger partial charge >= 0.3 is 18.3 Å². The second-order valence-electron chi connectivity index (χ2n) is 35.4. The second-order valence-corrected chi connectivity index (χ2v) is 39.4. The Morgan fingerprint density at radius 2 is 0.953 bits per heavy atom. The fourth-order valence-corrected chi connectivity index (χ4v) is 19.5. The largest absolute Gasteiger partial charge is 0.508 e. The molecular formula is C98H128N22O26S4. The average molecular weight is 2160 g/mol. The van der Waals surface area contributed by atoms with Crippen LogP contribution in [0.3, 0.4) is 0 Å². The zero-order valence-electron chi connectivity index (χ0n) is 83.8. The third-order valence-electron chi connectivity index (χ3n) is 24.1. The van der Waals surface area contributed by atoms with Gasteiger partial charge in [-0.1, -0.05) is 153 Å². The van der Waals surface area contributed by atoms with E-state index in [1.54, 1.807) is 62.4 Å². The van der Waals surface area contributed by atoms with E-state index >= 15 is 4.79 Å². The number of primary amides is 2. The standard InChI is InChI=1S/C98H128N22O26S4/c1-8-56(2)83(115-96(141)144-45-68-66-29-17-15-27-64(66)65-28-16-18-30-67(65)68)94(139)114-75(50-148-53-104-59(5)123)91(136)113-76(51-150-55-118(7)98(143)146-47-80(126)62-25-13-10-14-26-62)90(135)109-71(42-81(99)127)95(140)120-40-22-33-78(120)92(137)106-57(3)85(130)112-74(49-147-52-103-58(4)122)86(131)102-43-82(128)119-39-21-32-77(119)93(138)107-69(31-19-20-38-105-116-101)87(132)108-70(41-60-34-36-63(124)37-35-60)88(133)110-72(44-121)89(134)111-73(84(100)129)48-149-54-117(6)97(142)145-46-79(125)61-23-11-9-12-24-61/h9-18,23-30,34-37,56-57,68-78,83,121,124H,8,19-22,31-33,38-55H2,1-7H3,(H2,99,127)(H2,100,129)(H,102,131)(H,103,122)(H,104,123)(H,106,137)(H,107,138)(H,108,132)(H,109,135)(H,110,133)(H,111,134)(H,112,130)(H,113,136)(H,114,139)(H,115,141)/t56-,57-,69-,70-,71-,72-,73-,74-,75-,76-,77-,78-,83-/m0/s1. The van der Waals surface area contributed by atoms with Crippen LogP contribution < -0.4 is 80.6 Å². The van der Waals surface area contributed by atoms with Crippen molar-refractivity contribution in [3.63, 3.8) is 0 Å². The minimum atomic E-state index is -1.88. The van der Waals surface area contributed by atoms with Crippen molar-refractivity contribution >= 4 is 171 Å². The van der Waals surface area contributed by atoms with Crippen LogP contribution in [0.4, 0.5) is 14.4 Å². The van der Waals surface area contributed by atoms with Crippen molar-refractivity contribution in [2.24, 2.45) is 22.5 Å². The normalized spacial score (nSPS) is 15.4. The molecule has 0 saturated carbocycles. The smallest absolute Gasteiger partial charge is 0.410 e. The minimum Gasteiger partial charge on any atom is -0.508 e. The predicted molar refractivity (Wildman–Crippen MR) is 553 cm³/mol. The van der Waals surface area contributed by atoms with E-state index in [1.165, 1.54) is 71.3 Å². The highest BCUT2D eigenvalue weighted by Crippen LogP contribution is 2.45. The van der Waals surface area contributed by atoms with Crippen LogP contribution >= 0.6 is 47.0 Å². The van der Waals surface area contributed by atoms with E-state index in [-0.39, 0.29) is 136 Å². The first kappa shape index (κ1) is 120. The third kappa shape index (κ3) is 38.4. The number of fused-ring (bicyclic) bond motifs is 3. The molecule has 3 aliphatic rings. The summed E-state index contributed by atoms with van der Waals surface area (Å²) in [5.74, 6) is -18.9. The summed E-state index contributed by atoms with van der Waals surface area (Å²) < 4.78 is 16.2. The quantitative estimate of drug-likeness (QED) is 0.00493. The van der Waals surface area contributed by atoms with Gasteiger partial charge < -0.3 is 125 Å². The highest BCUT2D eigenvalue weighted by molar-refractivity contribution is 8.00. The van der Waals surface area contributed by atoms with Crippen LogP contribution in [-0.4, -0.2) is 340 Å². The molecular weight excluding hydrogens is 2030 g/mol. The van der Waals surface area contributed by atoms with E-state index in [9.17, 15) is 106 Å². The van der Waals surface area contributed by atoms with Crippen molar-refractivity contribution in [2.45, 2.75) is 177 Å². The highest BCUT2D eigenvalue weighted by Gasteiger charge is 2.44. The summed E-state index contributed by atoms with van der Waals surface area (Å²) in [6, 6.07) is 18.1. The molecule has 1 aliphatic carbocycles. The Labute approximate surface area is 881 Å². The van der Waals surface area contributed by atoms with E-state index in [0.717, 1.165) is 88.9 Å². The number of likely N-dealkylation sites (tertiary alicyclic amines) is 2. The molecule has 150 heavy (non-hydrogen) atoms. The first-order chi connectivity index (χ1) is 71.7. The van der Waals surface area contributed by atoms with E-state index in [1.807, 2.05) is 48.5 Å². The number of phenols is 1. The molecule has 0 bridgehead atoms. The Hall–Kier alpha value is -14.8. The van der Waals surface area contributed by atoms with Gasteiger partial charge in [-0.25, -0.2) is 14.4 Å². The monoisotopic (exact) mass is 2160 g/mol. The molecule has 5 aromatic rings. The van der Waals surface area contributed by atoms with Crippen LogP contribution in [-0.2, 0) is 97.3 Å². The fourth-order valence-electron chi connectivity index (χ4n) is 15.8. The van der Waals surface area contributed by atoms with Crippen molar-refractivity contribution in [2.75, 3.05) is 113 Å². The van der Waals surface area contributed by atoms with Gasteiger partial charge in [0, 0.05) is 99.0 Å². The molecule has 0 unspecified atom stereocenters. The number of amides is 19. The highest BCUT2D eigenvalue weighted by atomic mass is 32.2. The number of ether oxygens (including phenoxy) is 3. The van der Waals surface area contributed by atoms with Crippen molar-refractivity contribution in [3.05, 3.63) is 172 Å². The lowest BCUT2D eigenvalue weighted by Crippen LogP contribution is -2.61. The lowest BCUT2D eigenvalue weighted by Gasteiger charge is -2.30. The molecule has 0 radical (unpaired) electrons. The van der Waals surface area contributed by atoms with Gasteiger partial charge in [0.1, 0.15) is 84.9 Å². The Bertz CT molecular complexity index is 5600. The van der Waals surface area contributed by atoms with Gasteiger partial charge in [-0.3, -0.25) is 86.3 Å². The number of rotatable bonds is 60. The Morgan fingerprint density at radius 1 is 0.500 bits per heavy atom. The summed E-state index contributed by atoms with van der Waals surface area (Å²) in [4.78, 5) is 297. The molecule has 2 aliphatic heterocycles. The van der Waals surface area contributed by atoms with Crippen LogP contribution in [0.15, 0.2) is 139 Å². The maximum atomic E-state index is 15.0. The molecule has 5 aromatic carbocycles. The summed E-state index contributed by atoms with van der Waals surface area (Å²) in [5.41, 5.74) is 25.1. The maximum Gasteiger partial charge on any atom is 0.410 e. The van der Waals surface area contributed by atoms with Gasteiger partial charge in [-0.2, -0.15) is 0 Å². The molecule has 19 amide bonds. The minimum absolute atomic E-state index is 0.0195. The maximum absolute atomic E-state index is 15.0. The number of carbonyl (C=O) groups is 21. The summed E-state index contributed by atoms with van der Waals surface area (Å²) in [6.45, 7) is 3.68. The fraction of sp³-hybridized carbons (Fsp3) is 0.480. The number of hydrogen-bond acceptors (Lipinski definition) is 31. The van der Waals surface area contributed by atoms with Gasteiger partial charge in [-0.15, -0.1) is 47.0 Å². The van der Waals surface area contributed by atoms with Crippen molar-refractivity contribution in [3.8, 4) is 16.9 Å². The van der Waals surface area contributed by atoms with Gasteiger partial charge in [0.15, 0.2) is 24.8 Å². The van der Waals surface area contributed by atoms with Crippen LogP contribution in [0.25, 0.3) is 21.6 Å².